The van der Waals surface area contributed by atoms with Gasteiger partial charge in [-0.15, -0.1) is 0 Å². The van der Waals surface area contributed by atoms with Gasteiger partial charge in [-0.25, -0.2) is 0 Å². The zero-order valence-corrected chi connectivity index (χ0v) is 30.7. The highest BCUT2D eigenvalue weighted by Crippen LogP contribution is 2.66. The van der Waals surface area contributed by atoms with E-state index in [-0.39, 0.29) is 16.2 Å². The molecule has 0 N–H and O–H groups in total. The van der Waals surface area contributed by atoms with Crippen molar-refractivity contribution in [1.82, 2.24) is 0 Å². The minimum Gasteiger partial charge on any atom is -0.497 e. The number of anilines is 1. The van der Waals surface area contributed by atoms with Crippen LogP contribution in [-0.4, -0.2) is 33.4 Å². The average Bonchev–Trinajstić information content (AvgIpc) is 3.25. The van der Waals surface area contributed by atoms with Crippen LogP contribution in [0.15, 0.2) is 109 Å². The highest BCUT2D eigenvalue weighted by molar-refractivity contribution is 6.07. The van der Waals surface area contributed by atoms with E-state index in [4.69, 9.17) is 14.2 Å². The smallest absolute Gasteiger partial charge is 0.178 e. The Hall–Kier alpha value is -4.54. The van der Waals surface area contributed by atoms with E-state index >= 15 is 0 Å². The summed E-state index contributed by atoms with van der Waals surface area (Å²) in [6, 6.07) is 26.4. The van der Waals surface area contributed by atoms with Crippen molar-refractivity contribution in [2.24, 2.45) is 10.8 Å². The maximum atomic E-state index is 7.70. The molecule has 1 saturated heterocycles. The molecule has 5 aliphatic rings. The summed E-state index contributed by atoms with van der Waals surface area (Å²) in [5, 5.41) is 2.35. The second-order valence-corrected chi connectivity index (χ2v) is 16.9. The summed E-state index contributed by atoms with van der Waals surface area (Å²) in [6.07, 6.45) is 18.4. The van der Waals surface area contributed by atoms with Crippen LogP contribution < -0.4 is 14.4 Å². The lowest BCUT2D eigenvalue weighted by atomic mass is 9.51. The predicted octanol–water partition coefficient (Wildman–Crippen LogP) is 10.8. The summed E-state index contributed by atoms with van der Waals surface area (Å²) < 4.78 is 19.2. The van der Waals surface area contributed by atoms with E-state index in [9.17, 15) is 0 Å². The van der Waals surface area contributed by atoms with Crippen LogP contribution in [0, 0.1) is 10.8 Å². The fraction of sp³-hybridized carbons (Fsp3) is 0.362. The van der Waals surface area contributed by atoms with Crippen LogP contribution in [0.5, 0.6) is 11.5 Å². The van der Waals surface area contributed by atoms with Crippen molar-refractivity contribution in [1.29, 1.82) is 0 Å². The first-order valence-electron chi connectivity index (χ1n) is 18.8. The van der Waals surface area contributed by atoms with E-state index in [1.54, 1.807) is 7.11 Å². The van der Waals surface area contributed by atoms with Gasteiger partial charge in [0.1, 0.15) is 11.5 Å². The molecular formula is C47H49NO3. The SMILES string of the molecule is COc1ccc2c3c(c4c(c2c1)OC(c1ccccc1)(c1ccc(N2CCOCC2)cc1)C=C4)C1(CC(C)(C)CC(C)(C)C1)C1=C3CC=CC=C1. The molecule has 0 radical (unpaired) electrons. The van der Waals surface area contributed by atoms with Gasteiger partial charge in [0, 0.05) is 46.3 Å². The molecule has 9 rings (SSSR count). The summed E-state index contributed by atoms with van der Waals surface area (Å²) in [5.74, 6) is 1.79. The Morgan fingerprint density at radius 3 is 2.20 bits per heavy atom. The predicted molar refractivity (Wildman–Crippen MR) is 210 cm³/mol. The second kappa shape index (κ2) is 11.7. The molecule has 2 fully saturated rings. The highest BCUT2D eigenvalue weighted by Gasteiger charge is 2.56. The van der Waals surface area contributed by atoms with Crippen molar-refractivity contribution < 1.29 is 14.2 Å². The van der Waals surface area contributed by atoms with Crippen molar-refractivity contribution in [3.63, 3.8) is 0 Å². The lowest BCUT2D eigenvalue weighted by molar-refractivity contribution is 0.0634. The van der Waals surface area contributed by atoms with Gasteiger partial charge in [-0.1, -0.05) is 101 Å². The van der Waals surface area contributed by atoms with Gasteiger partial charge in [0.2, 0.25) is 0 Å². The number of allylic oxidation sites excluding steroid dienone is 6. The fourth-order valence-corrected chi connectivity index (χ4v) is 10.9. The first kappa shape index (κ1) is 32.4. The fourth-order valence-electron chi connectivity index (χ4n) is 10.9. The van der Waals surface area contributed by atoms with Crippen molar-refractivity contribution in [3.05, 3.63) is 137 Å². The van der Waals surface area contributed by atoms with E-state index in [2.05, 4.69) is 142 Å². The van der Waals surface area contributed by atoms with Gasteiger partial charge in [0.15, 0.2) is 5.60 Å². The van der Waals surface area contributed by atoms with Gasteiger partial charge in [0.25, 0.3) is 0 Å². The number of ether oxygens (including phenoxy) is 3. The normalized spacial score (nSPS) is 23.8. The summed E-state index contributed by atoms with van der Waals surface area (Å²) in [6.45, 7) is 13.3. The quantitative estimate of drug-likeness (QED) is 0.215. The van der Waals surface area contributed by atoms with E-state index < -0.39 is 5.60 Å². The van der Waals surface area contributed by atoms with E-state index in [1.807, 2.05) is 0 Å². The summed E-state index contributed by atoms with van der Waals surface area (Å²) >= 11 is 0. The van der Waals surface area contributed by atoms with Crippen LogP contribution >= 0.6 is 0 Å². The number of hydrogen-bond acceptors (Lipinski definition) is 4. The number of rotatable bonds is 4. The van der Waals surface area contributed by atoms with Gasteiger partial charge in [-0.05, 0) is 101 Å². The Morgan fingerprint density at radius 1 is 0.745 bits per heavy atom. The molecule has 4 aromatic rings. The first-order valence-corrected chi connectivity index (χ1v) is 18.8. The molecule has 1 saturated carbocycles. The Morgan fingerprint density at radius 2 is 1.47 bits per heavy atom. The molecule has 51 heavy (non-hydrogen) atoms. The lowest BCUT2D eigenvalue weighted by Gasteiger charge is -2.53. The largest absolute Gasteiger partial charge is 0.497 e. The maximum Gasteiger partial charge on any atom is 0.178 e. The molecule has 3 aliphatic carbocycles. The van der Waals surface area contributed by atoms with Crippen LogP contribution in [0.1, 0.15) is 81.2 Å². The summed E-state index contributed by atoms with van der Waals surface area (Å²) in [7, 11) is 1.76. The number of hydrogen-bond donors (Lipinski definition) is 0. The maximum absolute atomic E-state index is 7.70. The summed E-state index contributed by atoms with van der Waals surface area (Å²) in [4.78, 5) is 2.41. The van der Waals surface area contributed by atoms with Gasteiger partial charge in [-0.2, -0.15) is 0 Å². The lowest BCUT2D eigenvalue weighted by Crippen LogP contribution is -2.45. The highest BCUT2D eigenvalue weighted by atomic mass is 16.5. The van der Waals surface area contributed by atoms with Crippen LogP contribution in [0.3, 0.4) is 0 Å². The van der Waals surface area contributed by atoms with Gasteiger partial charge in [0.05, 0.1) is 20.3 Å². The molecule has 1 atom stereocenters. The van der Waals surface area contributed by atoms with Gasteiger partial charge >= 0.3 is 0 Å². The minimum absolute atomic E-state index is 0.128. The minimum atomic E-state index is -0.813. The Bertz CT molecular complexity index is 2130. The van der Waals surface area contributed by atoms with Crippen LogP contribution in [0.4, 0.5) is 5.69 Å². The average molecular weight is 676 g/mol. The molecule has 2 heterocycles. The molecule has 2 aliphatic heterocycles. The number of morpholine rings is 1. The number of benzene rings is 4. The molecule has 4 heteroatoms. The molecular weight excluding hydrogens is 627 g/mol. The third-order valence-corrected chi connectivity index (χ3v) is 12.1. The van der Waals surface area contributed by atoms with Crippen molar-refractivity contribution in [2.45, 2.75) is 64.4 Å². The molecule has 0 aromatic heterocycles. The zero-order chi connectivity index (χ0) is 35.0. The summed E-state index contributed by atoms with van der Waals surface area (Å²) in [5.41, 5.74) is 9.90. The van der Waals surface area contributed by atoms with Crippen molar-refractivity contribution in [2.75, 3.05) is 38.3 Å². The number of nitrogens with zero attached hydrogens (tertiary/aromatic N) is 1. The number of fused-ring (bicyclic) bond motifs is 9. The molecule has 0 amide bonds. The second-order valence-electron chi connectivity index (χ2n) is 16.9. The zero-order valence-electron chi connectivity index (χ0n) is 30.7. The van der Waals surface area contributed by atoms with Crippen LogP contribution in [0.25, 0.3) is 22.4 Å². The van der Waals surface area contributed by atoms with Crippen LogP contribution in [-0.2, 0) is 15.8 Å². The van der Waals surface area contributed by atoms with E-state index in [1.165, 1.54) is 45.3 Å². The Kier molecular flexibility index (Phi) is 7.46. The van der Waals surface area contributed by atoms with Gasteiger partial charge < -0.3 is 19.1 Å². The van der Waals surface area contributed by atoms with Crippen LogP contribution in [0.2, 0.25) is 0 Å². The standard InChI is InChI=1S/C47H49NO3/c1-44(2)29-45(3,4)31-46(30-44)40-15-11-7-10-14-37(40)41-36-21-20-35(49-5)28-39(36)43-38(42(41)46)22-23-47(51-43,32-12-8-6-9-13-32)33-16-18-34(19-17-33)48-24-26-50-27-25-48/h6-13,15-23,28H,14,24-27,29-31H2,1-5H3. The Labute approximate surface area is 303 Å². The third kappa shape index (κ3) is 5.12. The van der Waals surface area contributed by atoms with E-state index in [0.717, 1.165) is 73.6 Å². The first-order chi connectivity index (χ1) is 24.6. The molecule has 4 nitrogen and oxygen atoms in total. The Balaban J connectivity index is 1.31. The molecule has 4 aromatic carbocycles. The van der Waals surface area contributed by atoms with Gasteiger partial charge in [-0.3, -0.25) is 0 Å². The topological polar surface area (TPSA) is 30.9 Å². The van der Waals surface area contributed by atoms with E-state index in [0.29, 0.717) is 0 Å². The number of methoxy groups -OCH3 is 1. The molecule has 260 valence electrons. The third-order valence-electron chi connectivity index (χ3n) is 12.1. The molecule has 0 bridgehead atoms. The van der Waals surface area contributed by atoms with Crippen molar-refractivity contribution >= 4 is 28.1 Å². The monoisotopic (exact) mass is 675 g/mol. The molecule has 1 spiro atoms. The molecule has 1 unspecified atom stereocenters. The van der Waals surface area contributed by atoms with Crippen molar-refractivity contribution in [3.8, 4) is 11.5 Å².